The quantitative estimate of drug-likeness (QED) is 0.868. The summed E-state index contributed by atoms with van der Waals surface area (Å²) in [4.78, 5) is 28.0. The first-order valence-corrected chi connectivity index (χ1v) is 8.45. The van der Waals surface area contributed by atoms with Crippen LogP contribution in [-0.2, 0) is 9.59 Å². The molecule has 0 aromatic rings. The lowest BCUT2D eigenvalue weighted by Gasteiger charge is -2.52. The minimum atomic E-state index is -0.603. The lowest BCUT2D eigenvalue weighted by molar-refractivity contribution is -0.165. The van der Waals surface area contributed by atoms with Gasteiger partial charge in [0, 0.05) is 5.54 Å². The van der Waals surface area contributed by atoms with Crippen LogP contribution in [0.1, 0.15) is 66.2 Å². The van der Waals surface area contributed by atoms with E-state index in [9.17, 15) is 9.59 Å². The molecule has 1 N–H and O–H groups in total. The van der Waals surface area contributed by atoms with Crippen LogP contribution < -0.4 is 5.32 Å². The van der Waals surface area contributed by atoms with Crippen molar-refractivity contribution in [1.29, 1.82) is 0 Å². The molecule has 3 aliphatic rings. The summed E-state index contributed by atoms with van der Waals surface area (Å²) in [5, 5.41) is 3.10. The van der Waals surface area contributed by atoms with Crippen molar-refractivity contribution in [3.63, 3.8) is 0 Å². The van der Waals surface area contributed by atoms with E-state index in [4.69, 9.17) is 0 Å². The minimum absolute atomic E-state index is 0.0558. The molecule has 2 aliphatic carbocycles. The molecule has 0 bridgehead atoms. The first kappa shape index (κ1) is 14.9. The maximum atomic E-state index is 13.3. The number of hydrogen-bond donors (Lipinski definition) is 1. The largest absolute Gasteiger partial charge is 0.340 e. The average molecular weight is 292 g/mol. The zero-order valence-electron chi connectivity index (χ0n) is 13.7. The Morgan fingerprint density at radius 3 is 2.24 bits per heavy atom. The van der Waals surface area contributed by atoms with Crippen molar-refractivity contribution >= 4 is 11.8 Å². The number of nitrogens with zero attached hydrogens (tertiary/aromatic N) is 1. The molecule has 1 saturated heterocycles. The zero-order valence-corrected chi connectivity index (χ0v) is 13.7. The molecule has 1 spiro atoms. The number of piperazine rings is 1. The van der Waals surface area contributed by atoms with E-state index in [2.05, 4.69) is 19.2 Å². The van der Waals surface area contributed by atoms with Crippen LogP contribution in [0.25, 0.3) is 0 Å². The van der Waals surface area contributed by atoms with Crippen molar-refractivity contribution < 1.29 is 9.59 Å². The molecule has 3 fully saturated rings. The predicted molar refractivity (Wildman–Crippen MR) is 81.6 cm³/mol. The van der Waals surface area contributed by atoms with Gasteiger partial charge in [-0.1, -0.05) is 26.7 Å². The highest BCUT2D eigenvalue weighted by Gasteiger charge is 2.58. The minimum Gasteiger partial charge on any atom is -0.340 e. The van der Waals surface area contributed by atoms with Crippen LogP contribution in [-0.4, -0.2) is 33.8 Å². The van der Waals surface area contributed by atoms with Crippen molar-refractivity contribution in [2.75, 3.05) is 0 Å². The molecule has 1 unspecified atom stereocenters. The van der Waals surface area contributed by atoms with Crippen LogP contribution >= 0.6 is 0 Å². The number of rotatable bonds is 3. The van der Waals surface area contributed by atoms with E-state index in [1.165, 1.54) is 12.8 Å². The van der Waals surface area contributed by atoms with Gasteiger partial charge >= 0.3 is 0 Å². The van der Waals surface area contributed by atoms with E-state index in [-0.39, 0.29) is 29.3 Å². The number of hydrogen-bond acceptors (Lipinski definition) is 2. The van der Waals surface area contributed by atoms with Gasteiger partial charge in [0.25, 0.3) is 0 Å². The van der Waals surface area contributed by atoms with Crippen LogP contribution in [0.2, 0.25) is 0 Å². The van der Waals surface area contributed by atoms with Crippen LogP contribution in [0.5, 0.6) is 0 Å². The van der Waals surface area contributed by atoms with E-state index >= 15 is 0 Å². The Hall–Kier alpha value is -1.06. The lowest BCUT2D eigenvalue weighted by atomic mass is 9.82. The maximum absolute atomic E-state index is 13.3. The topological polar surface area (TPSA) is 49.4 Å². The smallest absolute Gasteiger partial charge is 0.249 e. The normalized spacial score (nSPS) is 29.4. The van der Waals surface area contributed by atoms with Gasteiger partial charge in [-0.3, -0.25) is 9.59 Å². The van der Waals surface area contributed by atoms with Gasteiger partial charge in [0.1, 0.15) is 11.6 Å². The molecule has 118 valence electrons. The first-order chi connectivity index (χ1) is 9.79. The molecular formula is C17H28N2O2. The predicted octanol–water partition coefficient (Wildman–Crippen LogP) is 2.47. The summed E-state index contributed by atoms with van der Waals surface area (Å²) in [5.41, 5.74) is -0.812. The van der Waals surface area contributed by atoms with Gasteiger partial charge in [-0.05, 0) is 51.4 Å². The van der Waals surface area contributed by atoms with Crippen molar-refractivity contribution in [3.05, 3.63) is 0 Å². The molecule has 1 aliphatic heterocycles. The highest BCUT2D eigenvalue weighted by Crippen LogP contribution is 2.47. The zero-order chi connectivity index (χ0) is 15.4. The molecule has 0 radical (unpaired) electrons. The second-order valence-electron chi connectivity index (χ2n) is 8.07. The fourth-order valence-electron chi connectivity index (χ4n) is 4.36. The fourth-order valence-corrected chi connectivity index (χ4v) is 4.36. The third-order valence-electron chi connectivity index (χ3n) is 5.82. The molecule has 1 atom stereocenters. The van der Waals surface area contributed by atoms with Crippen molar-refractivity contribution in [3.8, 4) is 0 Å². The Bertz CT molecular complexity index is 459. The van der Waals surface area contributed by atoms with Gasteiger partial charge in [-0.2, -0.15) is 0 Å². The lowest BCUT2D eigenvalue weighted by Crippen LogP contribution is -2.74. The maximum Gasteiger partial charge on any atom is 0.249 e. The molecule has 4 nitrogen and oxygen atoms in total. The van der Waals surface area contributed by atoms with Crippen LogP contribution in [0, 0.1) is 11.8 Å². The van der Waals surface area contributed by atoms with Crippen molar-refractivity contribution in [1.82, 2.24) is 10.2 Å². The van der Waals surface area contributed by atoms with Gasteiger partial charge in [-0.25, -0.2) is 0 Å². The number of carbonyl (C=O) groups is 2. The number of amides is 2. The average Bonchev–Trinajstić information content (AvgIpc) is 3.16. The highest BCUT2D eigenvalue weighted by molar-refractivity contribution is 6.00. The Balaban J connectivity index is 2.00. The Kier molecular flexibility index (Phi) is 3.34. The molecule has 4 heteroatoms. The summed E-state index contributed by atoms with van der Waals surface area (Å²) in [7, 11) is 0. The number of nitrogens with one attached hydrogen (secondary N) is 1. The highest BCUT2D eigenvalue weighted by atomic mass is 16.2. The molecule has 21 heavy (non-hydrogen) atoms. The molecule has 2 amide bonds. The third kappa shape index (κ3) is 2.18. The second-order valence-corrected chi connectivity index (χ2v) is 8.07. The van der Waals surface area contributed by atoms with Crippen molar-refractivity contribution in [2.24, 2.45) is 11.8 Å². The standard InChI is InChI=1S/C17H28N2O2/c1-11(2)13-14(20)18-17(9-5-6-10-17)15(21)19(13)16(3,4)12-7-8-12/h11-13H,5-10H2,1-4H3,(H,18,20). The Morgan fingerprint density at radius 2 is 1.76 bits per heavy atom. The van der Waals surface area contributed by atoms with E-state index in [0.29, 0.717) is 5.92 Å². The summed E-state index contributed by atoms with van der Waals surface area (Å²) in [6, 6.07) is -0.320. The fraction of sp³-hybridized carbons (Fsp3) is 0.882. The van der Waals surface area contributed by atoms with Gasteiger partial charge in [0.2, 0.25) is 11.8 Å². The van der Waals surface area contributed by atoms with Crippen molar-refractivity contribution in [2.45, 2.75) is 83.3 Å². The number of carbonyl (C=O) groups excluding carboxylic acids is 2. The summed E-state index contributed by atoms with van der Waals surface area (Å²) >= 11 is 0. The Labute approximate surface area is 127 Å². The molecular weight excluding hydrogens is 264 g/mol. The summed E-state index contributed by atoms with van der Waals surface area (Å²) < 4.78 is 0. The monoisotopic (exact) mass is 292 g/mol. The molecule has 3 rings (SSSR count). The van der Waals surface area contributed by atoms with E-state index in [1.54, 1.807) is 0 Å². The van der Waals surface area contributed by atoms with Gasteiger partial charge in [-0.15, -0.1) is 0 Å². The van der Waals surface area contributed by atoms with Gasteiger partial charge < -0.3 is 10.2 Å². The Morgan fingerprint density at radius 1 is 1.19 bits per heavy atom. The second kappa shape index (κ2) is 4.72. The molecule has 0 aromatic heterocycles. The first-order valence-electron chi connectivity index (χ1n) is 8.45. The SMILES string of the molecule is CC(C)C1C(=O)NC2(CCCC2)C(=O)N1C(C)(C)C1CC1. The summed E-state index contributed by atoms with van der Waals surface area (Å²) in [5.74, 6) is 0.924. The van der Waals surface area contributed by atoms with E-state index < -0.39 is 5.54 Å². The third-order valence-corrected chi connectivity index (χ3v) is 5.82. The van der Waals surface area contributed by atoms with E-state index in [1.807, 2.05) is 18.7 Å². The van der Waals surface area contributed by atoms with Gasteiger partial charge in [0.15, 0.2) is 0 Å². The molecule has 0 aromatic carbocycles. The summed E-state index contributed by atoms with van der Waals surface area (Å²) in [6.45, 7) is 8.39. The molecule has 1 heterocycles. The summed E-state index contributed by atoms with van der Waals surface area (Å²) in [6.07, 6.45) is 6.04. The van der Waals surface area contributed by atoms with E-state index in [0.717, 1.165) is 25.7 Å². The molecule has 2 saturated carbocycles. The van der Waals surface area contributed by atoms with Crippen LogP contribution in [0.4, 0.5) is 0 Å². The van der Waals surface area contributed by atoms with Crippen LogP contribution in [0.3, 0.4) is 0 Å². The van der Waals surface area contributed by atoms with Gasteiger partial charge in [0.05, 0.1) is 0 Å². The van der Waals surface area contributed by atoms with Crippen LogP contribution in [0.15, 0.2) is 0 Å².